The molecule has 2 amide bonds. The van der Waals surface area contributed by atoms with E-state index in [1.165, 1.54) is 0 Å². The zero-order valence-corrected chi connectivity index (χ0v) is 10.4. The molecular formula is C13H18N2O3. The van der Waals surface area contributed by atoms with Crippen LogP contribution in [0.25, 0.3) is 0 Å². The Morgan fingerprint density at radius 2 is 2.28 bits per heavy atom. The van der Waals surface area contributed by atoms with Gasteiger partial charge in [-0.15, -0.1) is 0 Å². The first kappa shape index (κ1) is 12.7. The summed E-state index contributed by atoms with van der Waals surface area (Å²) in [6.07, 6.45) is -0.559. The lowest BCUT2D eigenvalue weighted by atomic mass is 10.1. The summed E-state index contributed by atoms with van der Waals surface area (Å²) in [7, 11) is 0. The molecule has 5 heteroatoms. The number of hydrogen-bond donors (Lipinski definition) is 2. The van der Waals surface area contributed by atoms with Gasteiger partial charge in [0.25, 0.3) is 0 Å². The maximum absolute atomic E-state index is 11.3. The predicted octanol–water partition coefficient (Wildman–Crippen LogP) is 1.14. The van der Waals surface area contributed by atoms with Crippen LogP contribution in [0, 0.1) is 0 Å². The summed E-state index contributed by atoms with van der Waals surface area (Å²) in [5.74, 6) is 0.673. The van der Waals surface area contributed by atoms with Gasteiger partial charge in [0, 0.05) is 18.7 Å². The number of nitrogens with one attached hydrogen (secondary N) is 1. The first-order valence-electron chi connectivity index (χ1n) is 6.11. The lowest BCUT2D eigenvalue weighted by Crippen LogP contribution is -2.31. The van der Waals surface area contributed by atoms with E-state index in [1.807, 2.05) is 24.3 Å². The van der Waals surface area contributed by atoms with Crippen LogP contribution in [0.15, 0.2) is 24.3 Å². The second-order valence-electron chi connectivity index (χ2n) is 4.28. The Hall–Kier alpha value is -1.75. The Kier molecular flexibility index (Phi) is 4.04. The van der Waals surface area contributed by atoms with Crippen LogP contribution in [-0.4, -0.2) is 42.3 Å². The molecule has 0 aliphatic carbocycles. The Balaban J connectivity index is 1.88. The van der Waals surface area contributed by atoms with Crippen molar-refractivity contribution in [1.29, 1.82) is 0 Å². The Morgan fingerprint density at radius 3 is 2.94 bits per heavy atom. The van der Waals surface area contributed by atoms with Gasteiger partial charge in [-0.25, -0.2) is 4.79 Å². The van der Waals surface area contributed by atoms with Crippen LogP contribution in [0.3, 0.4) is 0 Å². The highest BCUT2D eigenvalue weighted by atomic mass is 16.5. The largest absolute Gasteiger partial charge is 0.491 e. The highest BCUT2D eigenvalue weighted by Gasteiger charge is 2.18. The number of nitrogens with zero attached hydrogens (tertiary/aromatic N) is 1. The summed E-state index contributed by atoms with van der Waals surface area (Å²) >= 11 is 0. The zero-order valence-electron chi connectivity index (χ0n) is 10.4. The maximum Gasteiger partial charge on any atom is 0.317 e. The normalized spacial score (nSPS) is 16.6. The molecule has 1 aromatic rings. The van der Waals surface area contributed by atoms with Crippen LogP contribution in [-0.2, 0) is 0 Å². The molecule has 1 aliphatic rings. The van der Waals surface area contributed by atoms with Crippen molar-refractivity contribution in [3.05, 3.63) is 29.8 Å². The minimum atomic E-state index is -0.559. The number of aliphatic hydroxyl groups is 1. The van der Waals surface area contributed by atoms with E-state index in [1.54, 1.807) is 11.8 Å². The Bertz CT molecular complexity index is 420. The van der Waals surface area contributed by atoms with Gasteiger partial charge in [-0.05, 0) is 13.0 Å². The molecule has 0 radical (unpaired) electrons. The first-order chi connectivity index (χ1) is 8.68. The molecule has 1 atom stereocenters. The third kappa shape index (κ3) is 2.92. The lowest BCUT2D eigenvalue weighted by Gasteiger charge is -2.16. The fourth-order valence-corrected chi connectivity index (χ4v) is 1.95. The summed E-state index contributed by atoms with van der Waals surface area (Å²) in [5.41, 5.74) is 0.767. The first-order valence-corrected chi connectivity index (χ1v) is 6.11. The topological polar surface area (TPSA) is 61.8 Å². The summed E-state index contributed by atoms with van der Waals surface area (Å²) in [6, 6.07) is 7.35. The minimum absolute atomic E-state index is 0.0394. The molecule has 0 aromatic heterocycles. The minimum Gasteiger partial charge on any atom is -0.491 e. The molecule has 2 N–H and O–H groups in total. The van der Waals surface area contributed by atoms with E-state index in [4.69, 9.17) is 4.74 Å². The van der Waals surface area contributed by atoms with Crippen molar-refractivity contribution in [3.63, 3.8) is 0 Å². The van der Waals surface area contributed by atoms with Gasteiger partial charge in [-0.1, -0.05) is 18.2 Å². The fourth-order valence-electron chi connectivity index (χ4n) is 1.95. The molecule has 0 spiro atoms. The highest BCUT2D eigenvalue weighted by molar-refractivity contribution is 5.76. The van der Waals surface area contributed by atoms with Crippen molar-refractivity contribution in [2.45, 2.75) is 13.0 Å². The SMILES string of the molecule is C[C@@H](O)c1ccccc1OCCN1CCNC1=O. The van der Waals surface area contributed by atoms with E-state index in [-0.39, 0.29) is 6.03 Å². The van der Waals surface area contributed by atoms with E-state index >= 15 is 0 Å². The third-order valence-corrected chi connectivity index (χ3v) is 2.93. The molecule has 18 heavy (non-hydrogen) atoms. The Labute approximate surface area is 106 Å². The second kappa shape index (κ2) is 5.73. The number of carbonyl (C=O) groups excluding carboxylic acids is 1. The summed E-state index contributed by atoms with van der Waals surface area (Å²) in [6.45, 7) is 4.11. The van der Waals surface area contributed by atoms with Crippen LogP contribution < -0.4 is 10.1 Å². The van der Waals surface area contributed by atoms with Crippen LogP contribution in [0.5, 0.6) is 5.75 Å². The van der Waals surface area contributed by atoms with Crippen LogP contribution in [0.4, 0.5) is 4.79 Å². The molecule has 2 rings (SSSR count). The van der Waals surface area contributed by atoms with Gasteiger partial charge in [-0.2, -0.15) is 0 Å². The van der Waals surface area contributed by atoms with Gasteiger partial charge in [0.2, 0.25) is 0 Å². The molecule has 0 unspecified atom stereocenters. The summed E-state index contributed by atoms with van der Waals surface area (Å²) < 4.78 is 5.63. The van der Waals surface area contributed by atoms with Gasteiger partial charge in [0.05, 0.1) is 12.6 Å². The van der Waals surface area contributed by atoms with E-state index in [0.717, 1.165) is 12.1 Å². The average Bonchev–Trinajstić information content (AvgIpc) is 2.76. The molecular weight excluding hydrogens is 232 g/mol. The predicted molar refractivity (Wildman–Crippen MR) is 67.5 cm³/mol. The van der Waals surface area contributed by atoms with Gasteiger partial charge >= 0.3 is 6.03 Å². The van der Waals surface area contributed by atoms with E-state index in [0.29, 0.717) is 25.4 Å². The number of ether oxygens (including phenoxy) is 1. The van der Waals surface area contributed by atoms with E-state index in [9.17, 15) is 9.90 Å². The molecule has 5 nitrogen and oxygen atoms in total. The monoisotopic (exact) mass is 250 g/mol. The number of benzene rings is 1. The maximum atomic E-state index is 11.3. The van der Waals surface area contributed by atoms with Crippen molar-refractivity contribution < 1.29 is 14.6 Å². The fraction of sp³-hybridized carbons (Fsp3) is 0.462. The third-order valence-electron chi connectivity index (χ3n) is 2.93. The molecule has 1 saturated heterocycles. The standard InChI is InChI=1S/C13H18N2O3/c1-10(16)11-4-2-3-5-12(11)18-9-8-15-7-6-14-13(15)17/h2-5,10,16H,6-9H2,1H3,(H,14,17)/t10-/m1/s1. The number of para-hydroxylation sites is 1. The zero-order chi connectivity index (χ0) is 13.0. The summed E-state index contributed by atoms with van der Waals surface area (Å²) in [5, 5.41) is 12.3. The van der Waals surface area contributed by atoms with E-state index < -0.39 is 6.10 Å². The lowest BCUT2D eigenvalue weighted by molar-refractivity contribution is 0.184. The molecule has 1 aliphatic heterocycles. The van der Waals surface area contributed by atoms with Crippen molar-refractivity contribution in [1.82, 2.24) is 10.2 Å². The number of hydrogen-bond acceptors (Lipinski definition) is 3. The van der Waals surface area contributed by atoms with Crippen molar-refractivity contribution in [2.75, 3.05) is 26.2 Å². The molecule has 1 fully saturated rings. The Morgan fingerprint density at radius 1 is 1.50 bits per heavy atom. The van der Waals surface area contributed by atoms with Gasteiger partial charge in [0.15, 0.2) is 0 Å². The smallest absolute Gasteiger partial charge is 0.317 e. The average molecular weight is 250 g/mol. The van der Waals surface area contributed by atoms with E-state index in [2.05, 4.69) is 5.32 Å². The number of carbonyl (C=O) groups is 1. The van der Waals surface area contributed by atoms with Gasteiger partial charge < -0.3 is 20.1 Å². The van der Waals surface area contributed by atoms with Crippen LogP contribution in [0.2, 0.25) is 0 Å². The molecule has 0 bridgehead atoms. The van der Waals surface area contributed by atoms with Crippen molar-refractivity contribution in [2.24, 2.45) is 0 Å². The second-order valence-corrected chi connectivity index (χ2v) is 4.28. The molecule has 1 aromatic carbocycles. The van der Waals surface area contributed by atoms with Gasteiger partial charge in [-0.3, -0.25) is 0 Å². The molecule has 0 saturated carbocycles. The molecule has 98 valence electrons. The number of urea groups is 1. The number of amides is 2. The molecule has 1 heterocycles. The van der Waals surface area contributed by atoms with Crippen LogP contribution in [0.1, 0.15) is 18.6 Å². The summed E-state index contributed by atoms with van der Waals surface area (Å²) in [4.78, 5) is 13.0. The number of aliphatic hydroxyl groups excluding tert-OH is 1. The van der Waals surface area contributed by atoms with Crippen molar-refractivity contribution in [3.8, 4) is 5.75 Å². The highest BCUT2D eigenvalue weighted by Crippen LogP contribution is 2.24. The van der Waals surface area contributed by atoms with Gasteiger partial charge in [0.1, 0.15) is 12.4 Å². The number of rotatable bonds is 5. The quantitative estimate of drug-likeness (QED) is 0.824. The van der Waals surface area contributed by atoms with Crippen LogP contribution >= 0.6 is 0 Å². The van der Waals surface area contributed by atoms with Crippen molar-refractivity contribution >= 4 is 6.03 Å².